The van der Waals surface area contributed by atoms with Gasteiger partial charge in [-0.15, -0.1) is 0 Å². The Bertz CT molecular complexity index is 1080. The molecule has 0 radical (unpaired) electrons. The molecule has 0 saturated carbocycles. The van der Waals surface area contributed by atoms with Gasteiger partial charge in [0.25, 0.3) is 0 Å². The minimum Gasteiger partial charge on any atom is -0.497 e. The molecule has 0 atom stereocenters. The summed E-state index contributed by atoms with van der Waals surface area (Å²) in [5.74, 6) is 1.34. The predicted octanol–water partition coefficient (Wildman–Crippen LogP) is 4.81. The molecular weight excluding hydrogens is 382 g/mol. The van der Waals surface area contributed by atoms with Gasteiger partial charge in [-0.3, -0.25) is 0 Å². The zero-order valence-electron chi connectivity index (χ0n) is 18.1. The Kier molecular flexibility index (Phi) is 4.28. The first-order valence-electron chi connectivity index (χ1n) is 11.4. The van der Waals surface area contributed by atoms with Crippen LogP contribution in [0.2, 0.25) is 0 Å². The molecule has 2 bridgehead atoms. The van der Waals surface area contributed by atoms with Crippen LogP contribution in [0, 0.1) is 0 Å². The number of likely N-dealkylation sites (tertiary alicyclic amines) is 1. The zero-order valence-corrected chi connectivity index (χ0v) is 18.1. The van der Waals surface area contributed by atoms with Crippen LogP contribution in [0.15, 0.2) is 72.8 Å². The standard InChI is InChI=1S/C28H29NO2/c1-31-21-8-6-7-20(17-21)28(30)13-15-29(16-14-28)19-27-18-24(22-9-2-4-11-25(22)27)23-10-3-5-12-26(23)27/h2-12,17,24,30H,13-16,18-19H2,1H3. The molecule has 3 aromatic rings. The second-order valence-corrected chi connectivity index (χ2v) is 9.55. The summed E-state index contributed by atoms with van der Waals surface area (Å²) in [5, 5.41) is 11.4. The quantitative estimate of drug-likeness (QED) is 0.669. The molecule has 2 aliphatic carbocycles. The Labute approximate surface area is 184 Å². The van der Waals surface area contributed by atoms with Crippen LogP contribution in [0.1, 0.15) is 53.0 Å². The number of ether oxygens (including phenoxy) is 1. The maximum Gasteiger partial charge on any atom is 0.119 e. The van der Waals surface area contributed by atoms with Gasteiger partial charge in [-0.1, -0.05) is 60.7 Å². The lowest BCUT2D eigenvalue weighted by molar-refractivity contribution is -0.0290. The number of fused-ring (bicyclic) bond motifs is 8. The van der Waals surface area contributed by atoms with Crippen molar-refractivity contribution in [1.82, 2.24) is 4.90 Å². The number of hydrogen-bond acceptors (Lipinski definition) is 3. The normalized spacial score (nSPS) is 25.8. The van der Waals surface area contributed by atoms with Crippen molar-refractivity contribution in [2.24, 2.45) is 0 Å². The van der Waals surface area contributed by atoms with E-state index in [0.717, 1.165) is 43.8 Å². The molecule has 0 spiro atoms. The third-order valence-corrected chi connectivity index (χ3v) is 8.04. The van der Waals surface area contributed by atoms with Gasteiger partial charge in [-0.2, -0.15) is 0 Å². The van der Waals surface area contributed by atoms with Gasteiger partial charge < -0.3 is 14.7 Å². The molecule has 1 N–H and O–H groups in total. The van der Waals surface area contributed by atoms with Gasteiger partial charge in [0.1, 0.15) is 5.75 Å². The van der Waals surface area contributed by atoms with Crippen molar-refractivity contribution in [3.8, 4) is 5.75 Å². The van der Waals surface area contributed by atoms with Crippen molar-refractivity contribution in [1.29, 1.82) is 0 Å². The summed E-state index contributed by atoms with van der Waals surface area (Å²) in [5.41, 5.74) is 6.37. The Morgan fingerprint density at radius 2 is 1.55 bits per heavy atom. The van der Waals surface area contributed by atoms with Gasteiger partial charge in [0.2, 0.25) is 0 Å². The van der Waals surface area contributed by atoms with Gasteiger partial charge in [0.15, 0.2) is 0 Å². The number of methoxy groups -OCH3 is 1. The number of nitrogens with zero attached hydrogens (tertiary/aromatic N) is 1. The Hall–Kier alpha value is -2.62. The molecule has 6 rings (SSSR count). The first-order chi connectivity index (χ1) is 15.1. The molecule has 0 unspecified atom stereocenters. The zero-order chi connectivity index (χ0) is 21.1. The second-order valence-electron chi connectivity index (χ2n) is 9.55. The van der Waals surface area contributed by atoms with E-state index < -0.39 is 5.60 Å². The van der Waals surface area contributed by atoms with Crippen LogP contribution < -0.4 is 4.74 Å². The highest BCUT2D eigenvalue weighted by atomic mass is 16.5. The van der Waals surface area contributed by atoms with Gasteiger partial charge in [0.05, 0.1) is 12.7 Å². The van der Waals surface area contributed by atoms with E-state index in [2.05, 4.69) is 53.4 Å². The van der Waals surface area contributed by atoms with E-state index in [4.69, 9.17) is 4.74 Å². The first kappa shape index (κ1) is 19.1. The largest absolute Gasteiger partial charge is 0.497 e. The molecular formula is C28H29NO2. The highest BCUT2D eigenvalue weighted by Gasteiger charge is 2.53. The van der Waals surface area contributed by atoms with Gasteiger partial charge in [-0.05, 0) is 59.2 Å². The smallest absolute Gasteiger partial charge is 0.119 e. The molecule has 3 nitrogen and oxygen atoms in total. The molecule has 3 heteroatoms. The minimum absolute atomic E-state index is 0.0866. The van der Waals surface area contributed by atoms with E-state index >= 15 is 0 Å². The van der Waals surface area contributed by atoms with Crippen LogP contribution in [0.3, 0.4) is 0 Å². The molecule has 1 saturated heterocycles. The number of benzene rings is 3. The summed E-state index contributed by atoms with van der Waals surface area (Å²) in [6.07, 6.45) is 2.69. The van der Waals surface area contributed by atoms with Crippen molar-refractivity contribution in [2.75, 3.05) is 26.7 Å². The van der Waals surface area contributed by atoms with E-state index in [1.165, 1.54) is 28.7 Å². The third-order valence-electron chi connectivity index (χ3n) is 8.04. The molecule has 0 aromatic heterocycles. The Morgan fingerprint density at radius 1 is 0.903 bits per heavy atom. The second kappa shape index (κ2) is 6.94. The molecule has 3 aliphatic rings. The van der Waals surface area contributed by atoms with E-state index in [0.29, 0.717) is 5.92 Å². The van der Waals surface area contributed by atoms with E-state index in [1.54, 1.807) is 7.11 Å². The monoisotopic (exact) mass is 411 g/mol. The van der Waals surface area contributed by atoms with Crippen LogP contribution in [0.25, 0.3) is 0 Å². The lowest BCUT2D eigenvalue weighted by Crippen LogP contribution is -2.47. The van der Waals surface area contributed by atoms with Gasteiger partial charge >= 0.3 is 0 Å². The third kappa shape index (κ3) is 2.80. The summed E-state index contributed by atoms with van der Waals surface area (Å²) in [6, 6.07) is 26.0. The summed E-state index contributed by atoms with van der Waals surface area (Å²) in [6.45, 7) is 2.85. The van der Waals surface area contributed by atoms with Crippen LogP contribution in [-0.4, -0.2) is 36.8 Å². The van der Waals surface area contributed by atoms with Crippen LogP contribution in [-0.2, 0) is 11.0 Å². The van der Waals surface area contributed by atoms with Crippen molar-refractivity contribution in [3.63, 3.8) is 0 Å². The molecule has 158 valence electrons. The van der Waals surface area contributed by atoms with Crippen LogP contribution >= 0.6 is 0 Å². The van der Waals surface area contributed by atoms with Crippen molar-refractivity contribution in [2.45, 2.75) is 36.2 Å². The van der Waals surface area contributed by atoms with E-state index in [1.807, 2.05) is 24.3 Å². The lowest BCUT2D eigenvalue weighted by atomic mass is 9.74. The van der Waals surface area contributed by atoms with E-state index in [-0.39, 0.29) is 5.41 Å². The summed E-state index contributed by atoms with van der Waals surface area (Å²) in [4.78, 5) is 2.58. The minimum atomic E-state index is -0.771. The number of aliphatic hydroxyl groups is 1. The fourth-order valence-electron chi connectivity index (χ4n) is 6.47. The topological polar surface area (TPSA) is 32.7 Å². The lowest BCUT2D eigenvalue weighted by Gasteiger charge is -2.43. The van der Waals surface area contributed by atoms with Crippen molar-refractivity contribution in [3.05, 3.63) is 101 Å². The van der Waals surface area contributed by atoms with Gasteiger partial charge in [-0.25, -0.2) is 0 Å². The summed E-state index contributed by atoms with van der Waals surface area (Å²) < 4.78 is 5.38. The molecule has 1 fully saturated rings. The van der Waals surface area contributed by atoms with Crippen molar-refractivity contribution >= 4 is 0 Å². The van der Waals surface area contributed by atoms with Gasteiger partial charge in [0, 0.05) is 31.0 Å². The van der Waals surface area contributed by atoms with Crippen LogP contribution in [0.4, 0.5) is 0 Å². The predicted molar refractivity (Wildman–Crippen MR) is 123 cm³/mol. The average Bonchev–Trinajstić information content (AvgIpc) is 3.33. The SMILES string of the molecule is COc1cccc(C2(O)CCN(CC34CC(c5ccccc53)c3ccccc34)CC2)c1. The highest BCUT2D eigenvalue weighted by molar-refractivity contribution is 5.62. The van der Waals surface area contributed by atoms with Crippen molar-refractivity contribution < 1.29 is 9.84 Å². The molecule has 3 aromatic carbocycles. The fourth-order valence-corrected chi connectivity index (χ4v) is 6.47. The maximum absolute atomic E-state index is 11.4. The molecule has 31 heavy (non-hydrogen) atoms. The van der Waals surface area contributed by atoms with E-state index in [9.17, 15) is 5.11 Å². The molecule has 0 amide bonds. The first-order valence-corrected chi connectivity index (χ1v) is 11.4. The van der Waals surface area contributed by atoms with Crippen LogP contribution in [0.5, 0.6) is 5.75 Å². The highest BCUT2D eigenvalue weighted by Crippen LogP contribution is 2.60. The number of piperidine rings is 1. The Morgan fingerprint density at radius 3 is 2.19 bits per heavy atom. The number of hydrogen-bond donors (Lipinski definition) is 1. The number of rotatable bonds is 4. The maximum atomic E-state index is 11.4. The fraction of sp³-hybridized carbons (Fsp3) is 0.357. The summed E-state index contributed by atoms with van der Waals surface area (Å²) >= 11 is 0. The average molecular weight is 412 g/mol. The molecule has 1 aliphatic heterocycles. The Balaban J connectivity index is 1.27. The summed E-state index contributed by atoms with van der Waals surface area (Å²) in [7, 11) is 1.68. The molecule has 1 heterocycles.